The number of methoxy groups -OCH3 is 1. The Morgan fingerprint density at radius 3 is 2.74 bits per heavy atom. The van der Waals surface area contributed by atoms with Crippen LogP contribution in [0.25, 0.3) is 0 Å². The first-order valence-electron chi connectivity index (χ1n) is 5.66. The number of ether oxygens (including phenoxy) is 1. The van der Waals surface area contributed by atoms with Crippen molar-refractivity contribution in [2.45, 2.75) is 13.0 Å². The van der Waals surface area contributed by atoms with Crippen LogP contribution in [-0.2, 0) is 0 Å². The molecule has 0 amide bonds. The van der Waals surface area contributed by atoms with E-state index in [0.717, 1.165) is 11.8 Å². The van der Waals surface area contributed by atoms with Crippen LogP contribution in [0.5, 0.6) is 5.75 Å². The van der Waals surface area contributed by atoms with Gasteiger partial charge in [0.25, 0.3) is 0 Å². The molecule has 0 spiro atoms. The number of benzene rings is 1. The maximum absolute atomic E-state index is 10.8. The van der Waals surface area contributed by atoms with Gasteiger partial charge in [0, 0.05) is 5.56 Å². The van der Waals surface area contributed by atoms with E-state index >= 15 is 0 Å². The maximum Gasteiger partial charge on any atom is 0.330 e. The predicted molar refractivity (Wildman–Crippen MR) is 70.1 cm³/mol. The number of anilines is 1. The predicted octanol–water partition coefficient (Wildman–Crippen LogP) is 1.99. The van der Waals surface area contributed by atoms with Crippen molar-refractivity contribution in [1.82, 2.24) is 9.78 Å². The molecule has 0 saturated carbocycles. The summed E-state index contributed by atoms with van der Waals surface area (Å²) in [6.07, 6.45) is 1.15. The maximum atomic E-state index is 10.8. The molecule has 1 heterocycles. The molecule has 0 bridgehead atoms. The minimum atomic E-state index is -0.548. The van der Waals surface area contributed by atoms with Gasteiger partial charge in [0.1, 0.15) is 11.9 Å². The van der Waals surface area contributed by atoms with Crippen molar-refractivity contribution in [3.63, 3.8) is 0 Å². The van der Waals surface area contributed by atoms with Gasteiger partial charge in [-0.15, -0.1) is 0 Å². The number of para-hydroxylation sites is 1. The molecule has 2 rings (SSSR count). The van der Waals surface area contributed by atoms with Crippen LogP contribution in [0.15, 0.2) is 30.5 Å². The zero-order valence-electron chi connectivity index (χ0n) is 10.6. The molecule has 7 nitrogen and oxygen atoms in total. The smallest absolute Gasteiger partial charge is 0.330 e. The Hall–Kier alpha value is -2.57. The first-order chi connectivity index (χ1) is 9.06. The van der Waals surface area contributed by atoms with Crippen LogP contribution in [0.1, 0.15) is 18.5 Å². The summed E-state index contributed by atoms with van der Waals surface area (Å²) in [4.78, 5) is 10.2. The Balaban J connectivity index is 2.44. The lowest BCUT2D eigenvalue weighted by atomic mass is 10.1. The highest BCUT2D eigenvalue weighted by Crippen LogP contribution is 2.31. The van der Waals surface area contributed by atoms with Crippen molar-refractivity contribution >= 4 is 11.5 Å². The Morgan fingerprint density at radius 1 is 1.47 bits per heavy atom. The summed E-state index contributed by atoms with van der Waals surface area (Å²) in [6.45, 7) is 1.85. The van der Waals surface area contributed by atoms with E-state index in [2.05, 4.69) is 5.10 Å². The molecule has 0 aliphatic heterocycles. The van der Waals surface area contributed by atoms with Gasteiger partial charge in [-0.1, -0.05) is 18.2 Å². The number of hydrogen-bond acceptors (Lipinski definition) is 5. The van der Waals surface area contributed by atoms with Gasteiger partial charge in [-0.05, 0) is 13.0 Å². The second kappa shape index (κ2) is 4.97. The van der Waals surface area contributed by atoms with Gasteiger partial charge in [0.05, 0.1) is 18.1 Å². The summed E-state index contributed by atoms with van der Waals surface area (Å²) in [5.41, 5.74) is 6.42. The molecule has 2 aromatic rings. The number of nitrogens with two attached hydrogens (primary N) is 1. The van der Waals surface area contributed by atoms with E-state index in [1.165, 1.54) is 4.68 Å². The van der Waals surface area contributed by atoms with Crippen LogP contribution < -0.4 is 10.5 Å². The molecule has 1 atom stereocenters. The number of rotatable bonds is 4. The largest absolute Gasteiger partial charge is 0.496 e. The molecule has 0 radical (unpaired) electrons. The van der Waals surface area contributed by atoms with Crippen LogP contribution in [0.4, 0.5) is 11.5 Å². The topological polar surface area (TPSA) is 96.2 Å². The summed E-state index contributed by atoms with van der Waals surface area (Å²) in [6, 6.07) is 7.15. The fourth-order valence-electron chi connectivity index (χ4n) is 1.96. The first-order valence-corrected chi connectivity index (χ1v) is 5.66. The fraction of sp³-hybridized carbons (Fsp3) is 0.250. The van der Waals surface area contributed by atoms with E-state index in [1.54, 1.807) is 7.11 Å². The quantitative estimate of drug-likeness (QED) is 0.671. The van der Waals surface area contributed by atoms with E-state index in [-0.39, 0.29) is 17.5 Å². The molecule has 0 aliphatic rings. The zero-order chi connectivity index (χ0) is 14.0. The van der Waals surface area contributed by atoms with Gasteiger partial charge in [0.2, 0.25) is 5.82 Å². The number of nitrogens with zero attached hydrogens (tertiary/aromatic N) is 3. The number of nitrogen functional groups attached to an aromatic ring is 1. The van der Waals surface area contributed by atoms with Crippen molar-refractivity contribution in [2.24, 2.45) is 0 Å². The lowest BCUT2D eigenvalue weighted by Crippen LogP contribution is -2.12. The Labute approximate surface area is 109 Å². The molecule has 0 aliphatic carbocycles. The standard InChI is InChI=1S/C12H14N4O3/c1-8(9-5-3-4-6-11(9)19-2)15-12(13)10(7-14-15)16(17)18/h3-8H,13H2,1-2H3. The minimum absolute atomic E-state index is 0.0309. The van der Waals surface area contributed by atoms with Crippen LogP contribution in [0.2, 0.25) is 0 Å². The fourth-order valence-corrected chi connectivity index (χ4v) is 1.96. The number of hydrogen-bond donors (Lipinski definition) is 1. The Kier molecular flexibility index (Phi) is 3.37. The van der Waals surface area contributed by atoms with Crippen LogP contribution in [0.3, 0.4) is 0 Å². The molecule has 1 unspecified atom stereocenters. The van der Waals surface area contributed by atoms with E-state index in [4.69, 9.17) is 10.5 Å². The summed E-state index contributed by atoms with van der Waals surface area (Å²) in [7, 11) is 1.57. The lowest BCUT2D eigenvalue weighted by molar-refractivity contribution is -0.384. The van der Waals surface area contributed by atoms with Crippen molar-refractivity contribution in [2.75, 3.05) is 12.8 Å². The molecular formula is C12H14N4O3. The molecular weight excluding hydrogens is 248 g/mol. The molecule has 19 heavy (non-hydrogen) atoms. The normalized spacial score (nSPS) is 12.1. The van der Waals surface area contributed by atoms with E-state index in [9.17, 15) is 10.1 Å². The highest BCUT2D eigenvalue weighted by molar-refractivity contribution is 5.52. The minimum Gasteiger partial charge on any atom is -0.496 e. The van der Waals surface area contributed by atoms with Crippen LogP contribution in [-0.4, -0.2) is 21.8 Å². The summed E-state index contributed by atoms with van der Waals surface area (Å²) < 4.78 is 6.68. The summed E-state index contributed by atoms with van der Waals surface area (Å²) in [5, 5.41) is 14.7. The molecule has 1 aromatic carbocycles. The second-order valence-electron chi connectivity index (χ2n) is 4.03. The van der Waals surface area contributed by atoms with E-state index in [1.807, 2.05) is 31.2 Å². The average molecular weight is 262 g/mol. The van der Waals surface area contributed by atoms with Gasteiger partial charge in [-0.3, -0.25) is 10.1 Å². The van der Waals surface area contributed by atoms with E-state index < -0.39 is 4.92 Å². The molecule has 7 heteroatoms. The molecule has 100 valence electrons. The van der Waals surface area contributed by atoms with Gasteiger partial charge in [-0.2, -0.15) is 5.10 Å². The molecule has 0 fully saturated rings. The zero-order valence-corrected chi connectivity index (χ0v) is 10.6. The van der Waals surface area contributed by atoms with Crippen LogP contribution >= 0.6 is 0 Å². The summed E-state index contributed by atoms with van der Waals surface area (Å²) in [5.74, 6) is 0.718. The van der Waals surface area contributed by atoms with Crippen molar-refractivity contribution in [1.29, 1.82) is 0 Å². The number of nitro groups is 1. The molecule has 0 saturated heterocycles. The highest BCUT2D eigenvalue weighted by Gasteiger charge is 2.22. The Morgan fingerprint density at radius 2 is 2.16 bits per heavy atom. The second-order valence-corrected chi connectivity index (χ2v) is 4.03. The molecule has 1 aromatic heterocycles. The van der Waals surface area contributed by atoms with Gasteiger partial charge < -0.3 is 10.5 Å². The van der Waals surface area contributed by atoms with Crippen molar-refractivity contribution < 1.29 is 9.66 Å². The number of aromatic nitrogens is 2. The van der Waals surface area contributed by atoms with Crippen LogP contribution in [0, 0.1) is 10.1 Å². The van der Waals surface area contributed by atoms with Gasteiger partial charge in [-0.25, -0.2) is 4.68 Å². The third kappa shape index (κ3) is 2.22. The van der Waals surface area contributed by atoms with E-state index in [0.29, 0.717) is 5.75 Å². The monoisotopic (exact) mass is 262 g/mol. The van der Waals surface area contributed by atoms with Gasteiger partial charge in [0.15, 0.2) is 0 Å². The summed E-state index contributed by atoms with van der Waals surface area (Å²) >= 11 is 0. The van der Waals surface area contributed by atoms with Crippen molar-refractivity contribution in [3.05, 3.63) is 46.1 Å². The van der Waals surface area contributed by atoms with Gasteiger partial charge >= 0.3 is 5.69 Å². The SMILES string of the molecule is COc1ccccc1C(C)n1ncc([N+](=O)[O-])c1N. The first kappa shape index (κ1) is 12.9. The average Bonchev–Trinajstić information content (AvgIpc) is 2.80. The third-order valence-corrected chi connectivity index (χ3v) is 2.97. The lowest BCUT2D eigenvalue weighted by Gasteiger charge is -2.16. The third-order valence-electron chi connectivity index (χ3n) is 2.97. The highest BCUT2D eigenvalue weighted by atomic mass is 16.6. The van der Waals surface area contributed by atoms with Crippen molar-refractivity contribution in [3.8, 4) is 5.75 Å². The Bertz CT molecular complexity index is 609. The molecule has 2 N–H and O–H groups in total.